The molecular weight excluding hydrogens is 256 g/mol. The molecule has 0 aromatic heterocycles. The third kappa shape index (κ3) is 8.24. The molecule has 1 heteroatoms. The maximum atomic E-state index is 6.60. The lowest BCUT2D eigenvalue weighted by Crippen LogP contribution is -2.23. The van der Waals surface area contributed by atoms with E-state index in [2.05, 4.69) is 0 Å². The van der Waals surface area contributed by atoms with E-state index in [1.165, 1.54) is 116 Å². The van der Waals surface area contributed by atoms with Gasteiger partial charge in [0, 0.05) is 0 Å². The van der Waals surface area contributed by atoms with E-state index in [1.54, 1.807) is 0 Å². The third-order valence-corrected chi connectivity index (χ3v) is 5.49. The second-order valence-corrected chi connectivity index (χ2v) is 7.48. The molecule has 0 saturated heterocycles. The van der Waals surface area contributed by atoms with Gasteiger partial charge in [-0.2, -0.15) is 0 Å². The van der Waals surface area contributed by atoms with Gasteiger partial charge in [-0.3, -0.25) is 0 Å². The van der Waals surface area contributed by atoms with Crippen LogP contribution in [0.3, 0.4) is 0 Å². The van der Waals surface area contributed by atoms with E-state index in [-0.39, 0.29) is 0 Å². The predicted molar refractivity (Wildman–Crippen MR) is 91.8 cm³/mol. The van der Waals surface area contributed by atoms with Gasteiger partial charge in [-0.05, 0) is 25.7 Å². The van der Waals surface area contributed by atoms with Crippen LogP contribution in [0.25, 0.3) is 0 Å². The van der Waals surface area contributed by atoms with E-state index in [0.717, 1.165) is 0 Å². The quantitative estimate of drug-likeness (QED) is 0.545. The highest BCUT2D eigenvalue weighted by molar-refractivity contribution is 4.68. The monoisotopic (exact) mass is 294 g/mol. The van der Waals surface area contributed by atoms with E-state index in [4.69, 9.17) is 4.74 Å². The molecule has 2 rings (SSSR count). The Bertz CT molecular complexity index is 194. The Morgan fingerprint density at radius 2 is 0.571 bits per heavy atom. The van der Waals surface area contributed by atoms with E-state index >= 15 is 0 Å². The molecule has 0 atom stereocenters. The highest BCUT2D eigenvalue weighted by Gasteiger charge is 2.17. The Kier molecular flexibility index (Phi) is 9.50. The topological polar surface area (TPSA) is 9.23 Å². The lowest BCUT2D eigenvalue weighted by molar-refractivity contribution is -0.0332. The maximum absolute atomic E-state index is 6.60. The van der Waals surface area contributed by atoms with Crippen molar-refractivity contribution in [2.24, 2.45) is 0 Å². The van der Waals surface area contributed by atoms with Crippen LogP contribution >= 0.6 is 0 Å². The minimum atomic E-state index is 0.580. The fourth-order valence-electron chi connectivity index (χ4n) is 4.09. The second kappa shape index (κ2) is 11.5. The van der Waals surface area contributed by atoms with Crippen molar-refractivity contribution in [3.05, 3.63) is 0 Å². The molecule has 0 amide bonds. The average molecular weight is 295 g/mol. The zero-order chi connectivity index (χ0) is 14.6. The minimum absolute atomic E-state index is 0.580. The molecule has 2 aliphatic carbocycles. The van der Waals surface area contributed by atoms with Crippen molar-refractivity contribution in [1.82, 2.24) is 0 Å². The van der Waals surface area contributed by atoms with Crippen LogP contribution in [0.1, 0.15) is 116 Å². The van der Waals surface area contributed by atoms with Crippen LogP contribution in [-0.4, -0.2) is 12.2 Å². The molecule has 0 heterocycles. The van der Waals surface area contributed by atoms with E-state index in [9.17, 15) is 0 Å². The summed E-state index contributed by atoms with van der Waals surface area (Å²) in [6.45, 7) is 0. The van der Waals surface area contributed by atoms with Crippen LogP contribution in [0.5, 0.6) is 0 Å². The van der Waals surface area contributed by atoms with Crippen molar-refractivity contribution >= 4 is 0 Å². The van der Waals surface area contributed by atoms with Gasteiger partial charge in [0.1, 0.15) is 0 Å². The van der Waals surface area contributed by atoms with Crippen LogP contribution < -0.4 is 0 Å². The zero-order valence-electron chi connectivity index (χ0n) is 14.3. The van der Waals surface area contributed by atoms with Gasteiger partial charge >= 0.3 is 0 Å². The standard InChI is InChI=1S/C20H38O/c1-3-7-11-15-19(16-12-8-4-1)21-20-17-13-9-5-2-6-10-14-18-20/h19-20H,1-18H2. The van der Waals surface area contributed by atoms with Gasteiger partial charge < -0.3 is 4.74 Å². The smallest absolute Gasteiger partial charge is 0.0578 e. The summed E-state index contributed by atoms with van der Waals surface area (Å²) in [6, 6.07) is 0. The molecule has 0 unspecified atom stereocenters. The van der Waals surface area contributed by atoms with E-state index in [0.29, 0.717) is 12.2 Å². The van der Waals surface area contributed by atoms with Crippen molar-refractivity contribution in [2.45, 2.75) is 128 Å². The van der Waals surface area contributed by atoms with Crippen molar-refractivity contribution in [3.8, 4) is 0 Å². The first kappa shape index (κ1) is 17.3. The largest absolute Gasteiger partial charge is 0.375 e. The van der Waals surface area contributed by atoms with Gasteiger partial charge in [0.15, 0.2) is 0 Å². The first-order valence-electron chi connectivity index (χ1n) is 10.1. The van der Waals surface area contributed by atoms with Gasteiger partial charge in [0.2, 0.25) is 0 Å². The Balaban J connectivity index is 1.74. The summed E-state index contributed by atoms with van der Waals surface area (Å²) in [6.07, 6.45) is 26.6. The van der Waals surface area contributed by atoms with Crippen molar-refractivity contribution in [3.63, 3.8) is 0 Å². The highest BCUT2D eigenvalue weighted by Crippen LogP contribution is 2.24. The molecule has 0 bridgehead atoms. The van der Waals surface area contributed by atoms with Gasteiger partial charge in [-0.25, -0.2) is 0 Å². The first-order chi connectivity index (χ1) is 10.4. The summed E-state index contributed by atoms with van der Waals surface area (Å²) in [7, 11) is 0. The summed E-state index contributed by atoms with van der Waals surface area (Å²) in [5, 5.41) is 0. The van der Waals surface area contributed by atoms with Gasteiger partial charge in [-0.15, -0.1) is 0 Å². The number of ether oxygens (including phenoxy) is 1. The van der Waals surface area contributed by atoms with Crippen LogP contribution in [0.2, 0.25) is 0 Å². The molecule has 2 saturated carbocycles. The van der Waals surface area contributed by atoms with Crippen LogP contribution in [0, 0.1) is 0 Å². The lowest BCUT2D eigenvalue weighted by atomic mass is 9.97. The average Bonchev–Trinajstić information content (AvgIpc) is 2.52. The molecule has 1 nitrogen and oxygen atoms in total. The molecule has 2 aliphatic rings. The highest BCUT2D eigenvalue weighted by atomic mass is 16.5. The maximum Gasteiger partial charge on any atom is 0.0578 e. The van der Waals surface area contributed by atoms with Crippen molar-refractivity contribution in [2.75, 3.05) is 0 Å². The molecule has 124 valence electrons. The van der Waals surface area contributed by atoms with Gasteiger partial charge in [-0.1, -0.05) is 89.9 Å². The molecule has 0 aromatic rings. The van der Waals surface area contributed by atoms with Crippen molar-refractivity contribution in [1.29, 1.82) is 0 Å². The molecule has 0 N–H and O–H groups in total. The Hall–Kier alpha value is -0.0400. The molecule has 0 aromatic carbocycles. The molecule has 21 heavy (non-hydrogen) atoms. The van der Waals surface area contributed by atoms with Crippen LogP contribution in [-0.2, 0) is 4.74 Å². The Morgan fingerprint density at radius 1 is 0.333 bits per heavy atom. The Morgan fingerprint density at radius 3 is 0.857 bits per heavy atom. The summed E-state index contributed by atoms with van der Waals surface area (Å²) in [5.74, 6) is 0. The first-order valence-corrected chi connectivity index (χ1v) is 10.1. The predicted octanol–water partition coefficient (Wildman–Crippen LogP) is 6.79. The molecule has 0 radical (unpaired) electrons. The molecule has 0 aliphatic heterocycles. The van der Waals surface area contributed by atoms with E-state index in [1.807, 2.05) is 0 Å². The number of hydrogen-bond donors (Lipinski definition) is 0. The summed E-state index contributed by atoms with van der Waals surface area (Å²) in [5.41, 5.74) is 0. The summed E-state index contributed by atoms with van der Waals surface area (Å²) < 4.78 is 6.60. The molecule has 2 fully saturated rings. The molecule has 0 spiro atoms. The van der Waals surface area contributed by atoms with Crippen LogP contribution in [0.4, 0.5) is 0 Å². The fourth-order valence-corrected chi connectivity index (χ4v) is 4.09. The fraction of sp³-hybridized carbons (Fsp3) is 1.00. The summed E-state index contributed by atoms with van der Waals surface area (Å²) >= 11 is 0. The van der Waals surface area contributed by atoms with E-state index < -0.39 is 0 Å². The number of hydrogen-bond acceptors (Lipinski definition) is 1. The normalized spacial score (nSPS) is 26.3. The lowest BCUT2D eigenvalue weighted by Gasteiger charge is -2.26. The third-order valence-electron chi connectivity index (χ3n) is 5.49. The second-order valence-electron chi connectivity index (χ2n) is 7.48. The minimum Gasteiger partial charge on any atom is -0.375 e. The number of rotatable bonds is 2. The summed E-state index contributed by atoms with van der Waals surface area (Å²) in [4.78, 5) is 0. The van der Waals surface area contributed by atoms with Gasteiger partial charge in [0.05, 0.1) is 12.2 Å². The van der Waals surface area contributed by atoms with Crippen molar-refractivity contribution < 1.29 is 4.74 Å². The SMILES string of the molecule is C1CCCCC(OC2CCCCCCCCC2)CCCC1. The molecular formula is C20H38O. The Labute approximate surface area is 133 Å². The van der Waals surface area contributed by atoms with Gasteiger partial charge in [0.25, 0.3) is 0 Å². The zero-order valence-corrected chi connectivity index (χ0v) is 14.3. The van der Waals surface area contributed by atoms with Crippen LogP contribution in [0.15, 0.2) is 0 Å².